The molecule has 5 heteroatoms. The van der Waals surface area contributed by atoms with Gasteiger partial charge in [0, 0.05) is 0 Å². The van der Waals surface area contributed by atoms with E-state index in [4.69, 9.17) is 4.74 Å². The zero-order valence-electron chi connectivity index (χ0n) is 9.00. The molecule has 0 bridgehead atoms. The molecule has 0 saturated heterocycles. The van der Waals surface area contributed by atoms with Crippen molar-refractivity contribution in [2.24, 2.45) is 0 Å². The third-order valence-electron chi connectivity index (χ3n) is 2.44. The summed E-state index contributed by atoms with van der Waals surface area (Å²) in [4.78, 5) is 11.4. The molecule has 0 aliphatic carbocycles. The minimum absolute atomic E-state index is 0.158. The molecule has 1 aromatic carbocycles. The first-order chi connectivity index (χ1) is 7.63. The van der Waals surface area contributed by atoms with Crippen molar-refractivity contribution in [3.05, 3.63) is 34.1 Å². The standard InChI is InChI=1S/C11H12N2O3/c1-6-5-7(3-4-8(6)16-2)9-10(14)12-13-11(9)15/h3-5H,1-2H3,(H3,12,13,14,15). The zero-order valence-corrected chi connectivity index (χ0v) is 9.00. The van der Waals surface area contributed by atoms with Crippen LogP contribution in [0.4, 0.5) is 0 Å². The number of rotatable bonds is 2. The van der Waals surface area contributed by atoms with Crippen molar-refractivity contribution in [1.82, 2.24) is 10.2 Å². The molecule has 5 nitrogen and oxygen atoms in total. The molecule has 2 rings (SSSR count). The van der Waals surface area contributed by atoms with Crippen LogP contribution in [0.25, 0.3) is 11.1 Å². The molecular formula is C11H12N2O3. The lowest BCUT2D eigenvalue weighted by atomic mass is 10.1. The molecule has 1 aromatic heterocycles. The molecule has 16 heavy (non-hydrogen) atoms. The summed E-state index contributed by atoms with van der Waals surface area (Å²) < 4.78 is 5.12. The molecule has 0 spiro atoms. The predicted octanol–water partition coefficient (Wildman–Crippen LogP) is 1.39. The van der Waals surface area contributed by atoms with Gasteiger partial charge in [-0.05, 0) is 30.2 Å². The maximum atomic E-state index is 11.4. The Bertz CT molecular complexity index is 569. The molecule has 0 aliphatic rings. The van der Waals surface area contributed by atoms with Crippen molar-refractivity contribution in [3.8, 4) is 22.8 Å². The lowest BCUT2D eigenvalue weighted by Gasteiger charge is -2.05. The molecule has 0 unspecified atom stereocenters. The third-order valence-corrected chi connectivity index (χ3v) is 2.44. The van der Waals surface area contributed by atoms with Crippen molar-refractivity contribution in [3.63, 3.8) is 0 Å². The fourth-order valence-corrected chi connectivity index (χ4v) is 1.65. The number of H-pyrrole nitrogens is 2. The Kier molecular flexibility index (Phi) is 2.44. The molecule has 0 amide bonds. The van der Waals surface area contributed by atoms with Gasteiger partial charge in [-0.25, -0.2) is 0 Å². The van der Waals surface area contributed by atoms with Crippen LogP contribution in [0.1, 0.15) is 5.56 Å². The SMILES string of the molecule is COc1ccc(-c2c(O)[nH][nH]c2=O)cc1C. The van der Waals surface area contributed by atoms with E-state index in [1.807, 2.05) is 6.92 Å². The van der Waals surface area contributed by atoms with E-state index in [0.29, 0.717) is 5.56 Å². The Labute approximate surface area is 91.7 Å². The molecular weight excluding hydrogens is 208 g/mol. The second kappa shape index (κ2) is 3.77. The molecule has 0 aliphatic heterocycles. The molecule has 3 N–H and O–H groups in total. The summed E-state index contributed by atoms with van der Waals surface area (Å²) in [5.74, 6) is 0.588. The molecule has 84 valence electrons. The van der Waals surface area contributed by atoms with Gasteiger partial charge in [-0.3, -0.25) is 15.0 Å². The Hall–Kier alpha value is -2.17. The number of ether oxygens (including phenoxy) is 1. The molecule has 2 aromatic rings. The van der Waals surface area contributed by atoms with Gasteiger partial charge in [0.25, 0.3) is 5.56 Å². The average molecular weight is 220 g/mol. The lowest BCUT2D eigenvalue weighted by Crippen LogP contribution is -2.01. The Balaban J connectivity index is 2.58. The van der Waals surface area contributed by atoms with Crippen LogP contribution >= 0.6 is 0 Å². The predicted molar refractivity (Wildman–Crippen MR) is 59.8 cm³/mol. The first kappa shape index (κ1) is 10.4. The highest BCUT2D eigenvalue weighted by molar-refractivity contribution is 5.69. The van der Waals surface area contributed by atoms with Gasteiger partial charge < -0.3 is 9.84 Å². The molecule has 0 radical (unpaired) electrons. The summed E-state index contributed by atoms with van der Waals surface area (Å²) in [5, 5.41) is 14.2. The Morgan fingerprint density at radius 2 is 2.06 bits per heavy atom. The van der Waals surface area contributed by atoms with Crippen LogP contribution < -0.4 is 10.3 Å². The second-order valence-corrected chi connectivity index (χ2v) is 3.49. The van der Waals surface area contributed by atoms with E-state index in [2.05, 4.69) is 10.2 Å². The van der Waals surface area contributed by atoms with Gasteiger partial charge in [-0.2, -0.15) is 0 Å². The fourth-order valence-electron chi connectivity index (χ4n) is 1.65. The lowest BCUT2D eigenvalue weighted by molar-refractivity contribution is 0.411. The topological polar surface area (TPSA) is 78.1 Å². The number of hydrogen-bond acceptors (Lipinski definition) is 3. The number of aromatic amines is 2. The molecule has 1 heterocycles. The van der Waals surface area contributed by atoms with Crippen LogP contribution in [0, 0.1) is 6.92 Å². The van der Waals surface area contributed by atoms with Crippen LogP contribution in [0.2, 0.25) is 0 Å². The average Bonchev–Trinajstić information content (AvgIpc) is 2.58. The van der Waals surface area contributed by atoms with Gasteiger partial charge in [0.15, 0.2) is 0 Å². The van der Waals surface area contributed by atoms with Crippen LogP contribution in [0.5, 0.6) is 11.6 Å². The van der Waals surface area contributed by atoms with Crippen molar-refractivity contribution in [2.45, 2.75) is 6.92 Å². The Morgan fingerprint density at radius 3 is 2.56 bits per heavy atom. The smallest absolute Gasteiger partial charge is 0.275 e. The van der Waals surface area contributed by atoms with Crippen LogP contribution in [-0.4, -0.2) is 22.4 Å². The van der Waals surface area contributed by atoms with Gasteiger partial charge in [0.1, 0.15) is 11.3 Å². The largest absolute Gasteiger partial charge is 0.496 e. The van der Waals surface area contributed by atoms with Gasteiger partial charge >= 0.3 is 0 Å². The van der Waals surface area contributed by atoms with E-state index in [-0.39, 0.29) is 17.0 Å². The van der Waals surface area contributed by atoms with Crippen molar-refractivity contribution >= 4 is 0 Å². The first-order valence-electron chi connectivity index (χ1n) is 4.78. The number of benzene rings is 1. The number of aryl methyl sites for hydroxylation is 1. The van der Waals surface area contributed by atoms with Crippen LogP contribution in [-0.2, 0) is 0 Å². The van der Waals surface area contributed by atoms with E-state index in [9.17, 15) is 9.90 Å². The summed E-state index contributed by atoms with van der Waals surface area (Å²) in [7, 11) is 1.59. The maximum absolute atomic E-state index is 11.4. The number of aromatic hydroxyl groups is 1. The first-order valence-corrected chi connectivity index (χ1v) is 4.78. The minimum atomic E-state index is -0.345. The quantitative estimate of drug-likeness (QED) is 0.715. The monoisotopic (exact) mass is 220 g/mol. The molecule has 0 saturated carbocycles. The summed E-state index contributed by atoms with van der Waals surface area (Å²) in [5.41, 5.74) is 1.45. The van der Waals surface area contributed by atoms with Crippen molar-refractivity contribution < 1.29 is 9.84 Å². The number of methoxy groups -OCH3 is 1. The zero-order chi connectivity index (χ0) is 11.7. The summed E-state index contributed by atoms with van der Waals surface area (Å²) in [6.07, 6.45) is 0. The summed E-state index contributed by atoms with van der Waals surface area (Å²) in [6, 6.07) is 5.28. The minimum Gasteiger partial charge on any atom is -0.496 e. The van der Waals surface area contributed by atoms with Gasteiger partial charge in [-0.1, -0.05) is 6.07 Å². The highest BCUT2D eigenvalue weighted by Crippen LogP contribution is 2.27. The molecule has 0 fully saturated rings. The van der Waals surface area contributed by atoms with E-state index in [1.54, 1.807) is 25.3 Å². The highest BCUT2D eigenvalue weighted by Gasteiger charge is 2.12. The second-order valence-electron chi connectivity index (χ2n) is 3.49. The van der Waals surface area contributed by atoms with Gasteiger partial charge in [0.2, 0.25) is 5.88 Å². The number of hydrogen-bond donors (Lipinski definition) is 3. The van der Waals surface area contributed by atoms with Crippen LogP contribution in [0.15, 0.2) is 23.0 Å². The number of nitrogens with one attached hydrogen (secondary N) is 2. The summed E-state index contributed by atoms with van der Waals surface area (Å²) >= 11 is 0. The van der Waals surface area contributed by atoms with E-state index >= 15 is 0 Å². The highest BCUT2D eigenvalue weighted by atomic mass is 16.5. The molecule has 0 atom stereocenters. The van der Waals surface area contributed by atoms with E-state index in [0.717, 1.165) is 11.3 Å². The normalized spacial score (nSPS) is 10.4. The van der Waals surface area contributed by atoms with E-state index < -0.39 is 0 Å². The number of aromatic nitrogens is 2. The third kappa shape index (κ3) is 1.56. The van der Waals surface area contributed by atoms with Gasteiger partial charge in [-0.15, -0.1) is 0 Å². The van der Waals surface area contributed by atoms with Crippen LogP contribution in [0.3, 0.4) is 0 Å². The van der Waals surface area contributed by atoms with Gasteiger partial charge in [0.05, 0.1) is 7.11 Å². The summed E-state index contributed by atoms with van der Waals surface area (Å²) in [6.45, 7) is 1.88. The van der Waals surface area contributed by atoms with Crippen molar-refractivity contribution in [1.29, 1.82) is 0 Å². The maximum Gasteiger partial charge on any atom is 0.275 e. The van der Waals surface area contributed by atoms with E-state index in [1.165, 1.54) is 0 Å². The Morgan fingerprint density at radius 1 is 1.31 bits per heavy atom. The fraction of sp³-hybridized carbons (Fsp3) is 0.182. The van der Waals surface area contributed by atoms with Crippen molar-refractivity contribution in [2.75, 3.05) is 7.11 Å².